The van der Waals surface area contributed by atoms with Crippen molar-refractivity contribution in [2.24, 2.45) is 5.10 Å². The summed E-state index contributed by atoms with van der Waals surface area (Å²) in [6.45, 7) is 2.05. The summed E-state index contributed by atoms with van der Waals surface area (Å²) in [5, 5.41) is 8.42. The van der Waals surface area contributed by atoms with Crippen molar-refractivity contribution in [3.05, 3.63) is 71.8 Å². The Morgan fingerprint density at radius 3 is 2.46 bits per heavy atom. The highest BCUT2D eigenvalue weighted by atomic mass is 16.5. The first-order chi connectivity index (χ1) is 13.6. The average molecular weight is 375 g/mol. The molecule has 3 aromatic rings. The number of anilines is 1. The molecular formula is C22H21N3O3. The van der Waals surface area contributed by atoms with E-state index in [-0.39, 0.29) is 0 Å². The molecule has 0 saturated carbocycles. The SMILES string of the molecule is CCc1ccc(NC(=O)C(=O)N/N=C\c2c(OC)ccc3ccccc23)cc1. The van der Waals surface area contributed by atoms with Crippen LogP contribution in [0.5, 0.6) is 5.75 Å². The molecule has 0 fully saturated rings. The first-order valence-corrected chi connectivity index (χ1v) is 8.91. The lowest BCUT2D eigenvalue weighted by Crippen LogP contribution is -2.32. The number of ether oxygens (including phenoxy) is 1. The molecule has 2 amide bonds. The van der Waals surface area contributed by atoms with Crippen LogP contribution in [-0.2, 0) is 16.0 Å². The van der Waals surface area contributed by atoms with Crippen molar-refractivity contribution in [2.45, 2.75) is 13.3 Å². The normalized spacial score (nSPS) is 10.8. The minimum absolute atomic E-state index is 0.553. The van der Waals surface area contributed by atoms with Gasteiger partial charge in [0.1, 0.15) is 5.75 Å². The molecule has 0 aliphatic rings. The number of amides is 2. The molecule has 0 saturated heterocycles. The summed E-state index contributed by atoms with van der Waals surface area (Å²) in [6, 6.07) is 18.9. The fourth-order valence-electron chi connectivity index (χ4n) is 2.80. The van der Waals surface area contributed by atoms with E-state index in [1.807, 2.05) is 55.5 Å². The number of rotatable bonds is 5. The van der Waals surface area contributed by atoms with Crippen LogP contribution in [0.4, 0.5) is 5.69 Å². The van der Waals surface area contributed by atoms with Crippen molar-refractivity contribution in [3.63, 3.8) is 0 Å². The number of carbonyl (C=O) groups is 2. The monoisotopic (exact) mass is 375 g/mol. The van der Waals surface area contributed by atoms with Crippen molar-refractivity contribution in [3.8, 4) is 5.75 Å². The molecule has 0 heterocycles. The topological polar surface area (TPSA) is 79.8 Å². The highest BCUT2D eigenvalue weighted by molar-refractivity contribution is 6.39. The molecule has 6 nitrogen and oxygen atoms in total. The van der Waals surface area contributed by atoms with Gasteiger partial charge in [0.2, 0.25) is 0 Å². The molecule has 3 aromatic carbocycles. The lowest BCUT2D eigenvalue weighted by atomic mass is 10.0. The van der Waals surface area contributed by atoms with E-state index in [4.69, 9.17) is 4.74 Å². The van der Waals surface area contributed by atoms with Gasteiger partial charge in [0.25, 0.3) is 0 Å². The highest BCUT2D eigenvalue weighted by Crippen LogP contribution is 2.26. The number of fused-ring (bicyclic) bond motifs is 1. The molecule has 0 aliphatic heterocycles. The van der Waals surface area contributed by atoms with Crippen LogP contribution in [-0.4, -0.2) is 25.1 Å². The molecule has 0 aromatic heterocycles. The van der Waals surface area contributed by atoms with Gasteiger partial charge in [-0.1, -0.05) is 49.4 Å². The minimum Gasteiger partial charge on any atom is -0.496 e. The van der Waals surface area contributed by atoms with Crippen LogP contribution in [0.2, 0.25) is 0 Å². The number of benzene rings is 3. The zero-order valence-electron chi connectivity index (χ0n) is 15.7. The maximum atomic E-state index is 12.0. The fourth-order valence-corrected chi connectivity index (χ4v) is 2.80. The Balaban J connectivity index is 1.69. The first kappa shape index (κ1) is 19.1. The van der Waals surface area contributed by atoms with Gasteiger partial charge in [-0.2, -0.15) is 5.10 Å². The number of hydrogen-bond acceptors (Lipinski definition) is 4. The molecule has 3 rings (SSSR count). The number of carbonyl (C=O) groups excluding carboxylic acids is 2. The average Bonchev–Trinajstić information content (AvgIpc) is 2.74. The number of hydrazone groups is 1. The van der Waals surface area contributed by atoms with Gasteiger partial charge in [0.15, 0.2) is 0 Å². The first-order valence-electron chi connectivity index (χ1n) is 8.91. The van der Waals surface area contributed by atoms with E-state index in [1.165, 1.54) is 6.21 Å². The Morgan fingerprint density at radius 1 is 1.00 bits per heavy atom. The summed E-state index contributed by atoms with van der Waals surface area (Å²) < 4.78 is 5.37. The van der Waals surface area contributed by atoms with E-state index < -0.39 is 11.8 Å². The number of hydrogen-bond donors (Lipinski definition) is 2. The van der Waals surface area contributed by atoms with Crippen LogP contribution >= 0.6 is 0 Å². The number of nitrogens with one attached hydrogen (secondary N) is 2. The minimum atomic E-state index is -0.852. The largest absolute Gasteiger partial charge is 0.496 e. The lowest BCUT2D eigenvalue weighted by Gasteiger charge is -2.08. The van der Waals surface area contributed by atoms with Gasteiger partial charge >= 0.3 is 11.8 Å². The van der Waals surface area contributed by atoms with Gasteiger partial charge in [-0.15, -0.1) is 0 Å². The third-order valence-electron chi connectivity index (χ3n) is 4.34. The zero-order chi connectivity index (χ0) is 19.9. The van der Waals surface area contributed by atoms with Gasteiger partial charge in [0, 0.05) is 11.3 Å². The maximum absolute atomic E-state index is 12.0. The molecule has 0 spiro atoms. The fraction of sp³-hybridized carbons (Fsp3) is 0.136. The van der Waals surface area contributed by atoms with Gasteiger partial charge in [-0.25, -0.2) is 5.43 Å². The number of nitrogens with zero attached hydrogens (tertiary/aromatic N) is 1. The third-order valence-corrected chi connectivity index (χ3v) is 4.34. The van der Waals surface area contributed by atoms with Gasteiger partial charge in [-0.3, -0.25) is 9.59 Å². The van der Waals surface area contributed by atoms with Crippen LogP contribution in [0.15, 0.2) is 65.8 Å². The van der Waals surface area contributed by atoms with Crippen molar-refractivity contribution >= 4 is 34.5 Å². The Kier molecular flexibility index (Phi) is 6.01. The maximum Gasteiger partial charge on any atom is 0.329 e. The second-order valence-corrected chi connectivity index (χ2v) is 6.11. The molecule has 28 heavy (non-hydrogen) atoms. The zero-order valence-corrected chi connectivity index (χ0v) is 15.7. The van der Waals surface area contributed by atoms with E-state index in [1.54, 1.807) is 19.2 Å². The molecule has 2 N–H and O–H groups in total. The van der Waals surface area contributed by atoms with Crippen LogP contribution < -0.4 is 15.5 Å². The van der Waals surface area contributed by atoms with Crippen molar-refractivity contribution in [1.82, 2.24) is 5.43 Å². The molecule has 0 aliphatic carbocycles. The number of aryl methyl sites for hydroxylation is 1. The van der Waals surface area contributed by atoms with E-state index in [2.05, 4.69) is 15.8 Å². The Bertz CT molecular complexity index is 1030. The molecule has 6 heteroatoms. The standard InChI is InChI=1S/C22H21N3O3/c1-3-15-8-11-17(12-9-15)24-21(26)22(27)25-23-14-19-18-7-5-4-6-16(18)10-13-20(19)28-2/h4-14H,3H2,1-2H3,(H,24,26)(H,25,27)/b23-14-. The Hall–Kier alpha value is -3.67. The number of methoxy groups -OCH3 is 1. The van der Waals surface area contributed by atoms with Crippen LogP contribution in [0.3, 0.4) is 0 Å². The molecule has 0 bridgehead atoms. The molecular weight excluding hydrogens is 354 g/mol. The van der Waals surface area contributed by atoms with Gasteiger partial charge in [0.05, 0.1) is 13.3 Å². The second kappa shape index (κ2) is 8.81. The van der Waals surface area contributed by atoms with Gasteiger partial charge < -0.3 is 10.1 Å². The predicted octanol–water partition coefficient (Wildman–Crippen LogP) is 3.50. The van der Waals surface area contributed by atoms with E-state index in [9.17, 15) is 9.59 Å². The summed E-state index contributed by atoms with van der Waals surface area (Å²) in [6.07, 6.45) is 2.38. The summed E-state index contributed by atoms with van der Waals surface area (Å²) in [4.78, 5) is 24.0. The molecule has 0 atom stereocenters. The van der Waals surface area contributed by atoms with E-state index in [0.717, 1.165) is 28.3 Å². The van der Waals surface area contributed by atoms with Crippen molar-refractivity contribution in [2.75, 3.05) is 12.4 Å². The highest BCUT2D eigenvalue weighted by Gasteiger charge is 2.13. The van der Waals surface area contributed by atoms with Gasteiger partial charge in [-0.05, 0) is 41.0 Å². The second-order valence-electron chi connectivity index (χ2n) is 6.11. The summed E-state index contributed by atoms with van der Waals surface area (Å²) >= 11 is 0. The lowest BCUT2D eigenvalue weighted by molar-refractivity contribution is -0.136. The van der Waals surface area contributed by atoms with E-state index in [0.29, 0.717) is 11.4 Å². The Morgan fingerprint density at radius 2 is 1.75 bits per heavy atom. The molecule has 142 valence electrons. The van der Waals surface area contributed by atoms with Crippen LogP contribution in [0.25, 0.3) is 10.8 Å². The Labute approximate surface area is 163 Å². The van der Waals surface area contributed by atoms with Crippen molar-refractivity contribution < 1.29 is 14.3 Å². The third kappa shape index (κ3) is 4.35. The summed E-state index contributed by atoms with van der Waals surface area (Å²) in [5.41, 5.74) is 4.67. The van der Waals surface area contributed by atoms with Crippen LogP contribution in [0, 0.1) is 0 Å². The van der Waals surface area contributed by atoms with Crippen LogP contribution in [0.1, 0.15) is 18.1 Å². The summed E-state index contributed by atoms with van der Waals surface area (Å²) in [5.74, 6) is -1.02. The quantitative estimate of drug-likeness (QED) is 0.407. The molecule has 0 unspecified atom stereocenters. The van der Waals surface area contributed by atoms with E-state index >= 15 is 0 Å². The smallest absolute Gasteiger partial charge is 0.329 e. The predicted molar refractivity (Wildman–Crippen MR) is 111 cm³/mol. The summed E-state index contributed by atoms with van der Waals surface area (Å²) in [7, 11) is 1.57. The van der Waals surface area contributed by atoms with Crippen molar-refractivity contribution in [1.29, 1.82) is 0 Å². The molecule has 0 radical (unpaired) electrons.